The summed E-state index contributed by atoms with van der Waals surface area (Å²) >= 11 is 5.90. The molecule has 6 nitrogen and oxygen atoms in total. The number of esters is 1. The number of halogens is 1. The SMILES string of the molecule is CCOC(=O)C(NN)(c1ccccc1)N(N)c1ccc(Cl)cc1. The predicted molar refractivity (Wildman–Crippen MR) is 90.2 cm³/mol. The van der Waals surface area contributed by atoms with Crippen LogP contribution in [0, 0.1) is 0 Å². The summed E-state index contributed by atoms with van der Waals surface area (Å²) in [6.07, 6.45) is 0. The number of hydrogen-bond acceptors (Lipinski definition) is 6. The zero-order valence-electron chi connectivity index (χ0n) is 12.7. The van der Waals surface area contributed by atoms with Gasteiger partial charge in [0.15, 0.2) is 0 Å². The minimum atomic E-state index is -1.56. The number of rotatable bonds is 6. The van der Waals surface area contributed by atoms with E-state index in [1.807, 2.05) is 6.07 Å². The average molecular weight is 335 g/mol. The Kier molecular flexibility index (Phi) is 5.57. The Labute approximate surface area is 139 Å². The molecule has 0 aliphatic heterocycles. The lowest BCUT2D eigenvalue weighted by molar-refractivity contribution is -0.152. The summed E-state index contributed by atoms with van der Waals surface area (Å²) in [5, 5.41) is 1.79. The van der Waals surface area contributed by atoms with Crippen molar-refractivity contribution in [1.29, 1.82) is 0 Å². The Balaban J connectivity index is 2.56. The summed E-state index contributed by atoms with van der Waals surface area (Å²) < 4.78 is 5.19. The third-order valence-electron chi connectivity index (χ3n) is 3.44. The van der Waals surface area contributed by atoms with Gasteiger partial charge in [0.25, 0.3) is 0 Å². The maximum atomic E-state index is 12.7. The Hall–Kier alpha value is -2.12. The highest BCUT2D eigenvalue weighted by Gasteiger charge is 2.46. The van der Waals surface area contributed by atoms with E-state index in [0.29, 0.717) is 16.3 Å². The Bertz CT molecular complexity index is 651. The van der Waals surface area contributed by atoms with E-state index in [0.717, 1.165) is 0 Å². The smallest absolute Gasteiger partial charge is 0.354 e. The molecule has 2 rings (SSSR count). The normalized spacial score (nSPS) is 13.2. The van der Waals surface area contributed by atoms with Crippen molar-refractivity contribution in [2.24, 2.45) is 11.7 Å². The Morgan fingerprint density at radius 1 is 1.22 bits per heavy atom. The maximum absolute atomic E-state index is 12.7. The van der Waals surface area contributed by atoms with E-state index in [1.54, 1.807) is 55.5 Å². The highest BCUT2D eigenvalue weighted by atomic mass is 35.5. The number of benzene rings is 2. The fraction of sp³-hybridized carbons (Fsp3) is 0.188. The van der Waals surface area contributed by atoms with Crippen molar-refractivity contribution < 1.29 is 9.53 Å². The first-order chi connectivity index (χ1) is 11.1. The number of nitrogens with one attached hydrogen (secondary N) is 1. The molecule has 23 heavy (non-hydrogen) atoms. The van der Waals surface area contributed by atoms with E-state index in [2.05, 4.69) is 5.43 Å². The van der Waals surface area contributed by atoms with E-state index in [4.69, 9.17) is 28.0 Å². The van der Waals surface area contributed by atoms with Crippen LogP contribution in [-0.2, 0) is 15.2 Å². The Morgan fingerprint density at radius 3 is 2.35 bits per heavy atom. The summed E-state index contributed by atoms with van der Waals surface area (Å²) in [5.74, 6) is 11.4. The van der Waals surface area contributed by atoms with Crippen LogP contribution in [0.1, 0.15) is 12.5 Å². The monoisotopic (exact) mass is 334 g/mol. The van der Waals surface area contributed by atoms with Gasteiger partial charge in [0, 0.05) is 10.6 Å². The highest BCUT2D eigenvalue weighted by Crippen LogP contribution is 2.30. The van der Waals surface area contributed by atoms with Gasteiger partial charge in [-0.1, -0.05) is 41.9 Å². The molecule has 0 bridgehead atoms. The summed E-state index contributed by atoms with van der Waals surface area (Å²) in [5.41, 5.74) is 2.06. The van der Waals surface area contributed by atoms with Gasteiger partial charge in [-0.05, 0) is 31.2 Å². The predicted octanol–water partition coefficient (Wildman–Crippen LogP) is 1.90. The highest BCUT2D eigenvalue weighted by molar-refractivity contribution is 6.30. The molecule has 2 aromatic carbocycles. The van der Waals surface area contributed by atoms with Crippen LogP contribution in [0.4, 0.5) is 5.69 Å². The number of hydrogen-bond donors (Lipinski definition) is 3. The van der Waals surface area contributed by atoms with E-state index in [1.165, 1.54) is 5.01 Å². The summed E-state index contributed by atoms with van der Waals surface area (Å²) in [6, 6.07) is 15.6. The number of nitrogens with two attached hydrogens (primary N) is 2. The number of carbonyl (C=O) groups is 1. The van der Waals surface area contributed by atoms with Crippen molar-refractivity contribution in [3.8, 4) is 0 Å². The Morgan fingerprint density at radius 2 is 1.83 bits per heavy atom. The van der Waals surface area contributed by atoms with Gasteiger partial charge in [0.2, 0.25) is 5.66 Å². The molecule has 0 spiro atoms. The molecule has 1 atom stereocenters. The second-order valence-corrected chi connectivity index (χ2v) is 5.22. The second-order valence-electron chi connectivity index (χ2n) is 4.79. The number of ether oxygens (including phenoxy) is 1. The summed E-state index contributed by atoms with van der Waals surface area (Å²) in [6.45, 7) is 1.91. The van der Waals surface area contributed by atoms with Gasteiger partial charge in [-0.25, -0.2) is 16.1 Å². The van der Waals surface area contributed by atoms with Gasteiger partial charge in [0.05, 0.1) is 12.3 Å². The molecule has 0 heterocycles. The second kappa shape index (κ2) is 7.43. The molecular weight excluding hydrogens is 316 g/mol. The van der Waals surface area contributed by atoms with Crippen molar-refractivity contribution in [3.63, 3.8) is 0 Å². The van der Waals surface area contributed by atoms with Gasteiger partial charge < -0.3 is 4.74 Å². The van der Waals surface area contributed by atoms with Crippen molar-refractivity contribution in [2.45, 2.75) is 12.6 Å². The standard InChI is InChI=1S/C16H19ClN4O2/c1-2-23-15(22)16(20-18,12-6-4-3-5-7-12)21(19)14-10-8-13(17)9-11-14/h3-11,20H,2,18-19H2,1H3. The van der Waals surface area contributed by atoms with E-state index < -0.39 is 11.6 Å². The summed E-state index contributed by atoms with van der Waals surface area (Å²) in [7, 11) is 0. The molecule has 0 radical (unpaired) electrons. The van der Waals surface area contributed by atoms with Gasteiger partial charge in [-0.15, -0.1) is 0 Å². The maximum Gasteiger partial charge on any atom is 0.354 e. The van der Waals surface area contributed by atoms with E-state index >= 15 is 0 Å². The molecule has 0 saturated carbocycles. The molecule has 1 unspecified atom stereocenters. The average Bonchev–Trinajstić information content (AvgIpc) is 2.58. The van der Waals surface area contributed by atoms with Crippen LogP contribution >= 0.6 is 11.6 Å². The molecule has 0 fully saturated rings. The van der Waals surface area contributed by atoms with Crippen LogP contribution in [0.2, 0.25) is 5.02 Å². The molecule has 0 saturated heterocycles. The minimum absolute atomic E-state index is 0.198. The third-order valence-corrected chi connectivity index (χ3v) is 3.69. The molecule has 0 amide bonds. The number of carbonyl (C=O) groups excluding carboxylic acids is 1. The van der Waals surface area contributed by atoms with Crippen LogP contribution in [0.15, 0.2) is 54.6 Å². The summed E-state index contributed by atoms with van der Waals surface area (Å²) in [4.78, 5) is 12.7. The number of hydrazine groups is 2. The zero-order valence-corrected chi connectivity index (χ0v) is 13.5. The molecule has 0 aliphatic rings. The number of nitrogens with zero attached hydrogens (tertiary/aromatic N) is 1. The largest absolute Gasteiger partial charge is 0.463 e. The van der Waals surface area contributed by atoms with Gasteiger partial charge in [-0.3, -0.25) is 10.9 Å². The quantitative estimate of drug-likeness (QED) is 0.323. The molecule has 0 aliphatic carbocycles. The molecule has 122 valence electrons. The minimum Gasteiger partial charge on any atom is -0.463 e. The third kappa shape index (κ3) is 3.30. The van der Waals surface area contributed by atoms with Crippen molar-refractivity contribution in [2.75, 3.05) is 11.6 Å². The number of anilines is 1. The first kappa shape index (κ1) is 17.2. The van der Waals surface area contributed by atoms with E-state index in [-0.39, 0.29) is 6.61 Å². The van der Waals surface area contributed by atoms with Crippen LogP contribution < -0.4 is 22.1 Å². The van der Waals surface area contributed by atoms with Crippen LogP contribution in [-0.4, -0.2) is 12.6 Å². The lowest BCUT2D eigenvalue weighted by atomic mass is 9.98. The fourth-order valence-electron chi connectivity index (χ4n) is 2.28. The molecule has 7 heteroatoms. The van der Waals surface area contributed by atoms with Crippen molar-refractivity contribution >= 4 is 23.3 Å². The van der Waals surface area contributed by atoms with Gasteiger partial charge >= 0.3 is 5.97 Å². The molecule has 0 aromatic heterocycles. The first-order valence-corrected chi connectivity index (χ1v) is 7.45. The fourth-order valence-corrected chi connectivity index (χ4v) is 2.40. The molecular formula is C16H19ClN4O2. The van der Waals surface area contributed by atoms with Gasteiger partial charge in [-0.2, -0.15) is 0 Å². The molecule has 5 N–H and O–H groups in total. The van der Waals surface area contributed by atoms with Crippen LogP contribution in [0.3, 0.4) is 0 Å². The lowest BCUT2D eigenvalue weighted by Gasteiger charge is -2.39. The molecule has 2 aromatic rings. The topological polar surface area (TPSA) is 93.6 Å². The van der Waals surface area contributed by atoms with Crippen LogP contribution in [0.5, 0.6) is 0 Å². The zero-order chi connectivity index (χ0) is 16.9. The van der Waals surface area contributed by atoms with E-state index in [9.17, 15) is 4.79 Å². The van der Waals surface area contributed by atoms with Gasteiger partial charge in [0.1, 0.15) is 0 Å². The van der Waals surface area contributed by atoms with Crippen molar-refractivity contribution in [3.05, 3.63) is 65.2 Å². The van der Waals surface area contributed by atoms with Crippen LogP contribution in [0.25, 0.3) is 0 Å². The first-order valence-electron chi connectivity index (χ1n) is 7.07. The van der Waals surface area contributed by atoms with Crippen molar-refractivity contribution in [1.82, 2.24) is 5.43 Å². The lowest BCUT2D eigenvalue weighted by Crippen LogP contribution is -2.67.